The summed E-state index contributed by atoms with van der Waals surface area (Å²) in [4.78, 5) is 26.3. The Hall–Kier alpha value is -1.69. The standard InChI is InChI=1S/C14H20N2O3S/c1-15(10-11-20-2)14(19)16(9-8-13(17)18)12-6-4-3-5-7-12/h3-7H,8-11H2,1-2H3,(H,17,18). The fraction of sp³-hybridized carbons (Fsp3) is 0.429. The lowest BCUT2D eigenvalue weighted by molar-refractivity contribution is -0.136. The molecule has 0 atom stereocenters. The molecule has 1 aromatic rings. The SMILES string of the molecule is CSCCN(C)C(=O)N(CCC(=O)O)c1ccccc1. The number of para-hydroxylation sites is 1. The number of nitrogens with zero attached hydrogens (tertiary/aromatic N) is 2. The highest BCUT2D eigenvalue weighted by Crippen LogP contribution is 2.15. The zero-order valence-electron chi connectivity index (χ0n) is 11.8. The first kappa shape index (κ1) is 16.4. The number of urea groups is 1. The van der Waals surface area contributed by atoms with Gasteiger partial charge < -0.3 is 10.0 Å². The molecule has 2 amide bonds. The number of aliphatic carboxylic acids is 1. The van der Waals surface area contributed by atoms with Crippen LogP contribution in [0.2, 0.25) is 0 Å². The lowest BCUT2D eigenvalue weighted by Crippen LogP contribution is -2.43. The first-order valence-electron chi connectivity index (χ1n) is 6.34. The lowest BCUT2D eigenvalue weighted by Gasteiger charge is -2.27. The molecule has 20 heavy (non-hydrogen) atoms. The van der Waals surface area contributed by atoms with Crippen molar-refractivity contribution >= 4 is 29.4 Å². The number of rotatable bonds is 7. The van der Waals surface area contributed by atoms with Crippen LogP contribution in [0.3, 0.4) is 0 Å². The molecule has 1 aromatic carbocycles. The Morgan fingerprint density at radius 2 is 1.85 bits per heavy atom. The number of carbonyl (C=O) groups excluding carboxylic acids is 1. The third kappa shape index (κ3) is 5.13. The summed E-state index contributed by atoms with van der Waals surface area (Å²) in [5, 5.41) is 8.82. The summed E-state index contributed by atoms with van der Waals surface area (Å²) in [6.45, 7) is 0.804. The molecule has 5 nitrogen and oxygen atoms in total. The van der Waals surface area contributed by atoms with Crippen LogP contribution in [0.15, 0.2) is 30.3 Å². The van der Waals surface area contributed by atoms with Crippen LogP contribution in [0.1, 0.15) is 6.42 Å². The molecular formula is C14H20N2O3S. The van der Waals surface area contributed by atoms with Gasteiger partial charge in [0.25, 0.3) is 0 Å². The molecule has 0 spiro atoms. The largest absolute Gasteiger partial charge is 0.481 e. The van der Waals surface area contributed by atoms with E-state index in [9.17, 15) is 9.59 Å². The number of hydrogen-bond acceptors (Lipinski definition) is 3. The van der Waals surface area contributed by atoms with Gasteiger partial charge in [0.15, 0.2) is 0 Å². The Bertz CT molecular complexity index is 439. The van der Waals surface area contributed by atoms with E-state index in [0.29, 0.717) is 6.54 Å². The summed E-state index contributed by atoms with van der Waals surface area (Å²) in [6.07, 6.45) is 1.91. The first-order valence-corrected chi connectivity index (χ1v) is 7.74. The predicted molar refractivity (Wildman–Crippen MR) is 82.4 cm³/mol. The smallest absolute Gasteiger partial charge is 0.324 e. The third-order valence-corrected chi connectivity index (χ3v) is 3.40. The van der Waals surface area contributed by atoms with Gasteiger partial charge >= 0.3 is 12.0 Å². The minimum atomic E-state index is -0.912. The molecule has 0 aliphatic carbocycles. The summed E-state index contributed by atoms with van der Waals surface area (Å²) in [5.74, 6) is -0.0606. The molecular weight excluding hydrogens is 276 g/mol. The van der Waals surface area contributed by atoms with Crippen molar-refractivity contribution in [3.63, 3.8) is 0 Å². The van der Waals surface area contributed by atoms with Crippen LogP contribution < -0.4 is 4.90 Å². The van der Waals surface area contributed by atoms with Crippen LogP contribution in [-0.4, -0.2) is 54.2 Å². The van der Waals surface area contributed by atoms with Crippen molar-refractivity contribution in [1.82, 2.24) is 4.90 Å². The van der Waals surface area contributed by atoms with Gasteiger partial charge in [-0.1, -0.05) is 18.2 Å². The summed E-state index contributed by atoms with van der Waals surface area (Å²) in [5.41, 5.74) is 0.717. The van der Waals surface area contributed by atoms with Gasteiger partial charge in [-0.25, -0.2) is 4.79 Å². The quantitative estimate of drug-likeness (QED) is 0.839. The van der Waals surface area contributed by atoms with Crippen LogP contribution in [0.5, 0.6) is 0 Å². The topological polar surface area (TPSA) is 60.9 Å². The highest BCUT2D eigenvalue weighted by Gasteiger charge is 2.20. The summed E-state index contributed by atoms with van der Waals surface area (Å²) in [7, 11) is 1.73. The van der Waals surface area contributed by atoms with Crippen molar-refractivity contribution in [2.45, 2.75) is 6.42 Å². The molecule has 0 bridgehead atoms. The second-order valence-electron chi connectivity index (χ2n) is 4.33. The molecule has 0 aromatic heterocycles. The fourth-order valence-electron chi connectivity index (χ4n) is 1.68. The van der Waals surface area contributed by atoms with Crippen LogP contribution in [0.4, 0.5) is 10.5 Å². The van der Waals surface area contributed by atoms with Crippen molar-refractivity contribution < 1.29 is 14.7 Å². The summed E-state index contributed by atoms with van der Waals surface area (Å²) < 4.78 is 0. The van der Waals surface area contributed by atoms with Gasteiger partial charge in [0.05, 0.1) is 6.42 Å². The van der Waals surface area contributed by atoms with E-state index in [1.807, 2.05) is 36.6 Å². The number of amides is 2. The normalized spacial score (nSPS) is 10.1. The van der Waals surface area contributed by atoms with E-state index >= 15 is 0 Å². The molecule has 1 rings (SSSR count). The maximum Gasteiger partial charge on any atom is 0.324 e. The van der Waals surface area contributed by atoms with Gasteiger partial charge in [-0.3, -0.25) is 9.69 Å². The van der Waals surface area contributed by atoms with Crippen molar-refractivity contribution in [3.8, 4) is 0 Å². The van der Waals surface area contributed by atoms with Crippen molar-refractivity contribution in [1.29, 1.82) is 0 Å². The third-order valence-electron chi connectivity index (χ3n) is 2.81. The highest BCUT2D eigenvalue weighted by molar-refractivity contribution is 7.98. The van der Waals surface area contributed by atoms with E-state index in [4.69, 9.17) is 5.11 Å². The van der Waals surface area contributed by atoms with Gasteiger partial charge in [-0.05, 0) is 18.4 Å². The number of thioether (sulfide) groups is 1. The Morgan fingerprint density at radius 3 is 2.40 bits per heavy atom. The lowest BCUT2D eigenvalue weighted by atomic mass is 10.2. The van der Waals surface area contributed by atoms with E-state index in [2.05, 4.69) is 0 Å². The average Bonchev–Trinajstić information content (AvgIpc) is 2.45. The maximum atomic E-state index is 12.4. The summed E-state index contributed by atoms with van der Waals surface area (Å²) >= 11 is 1.67. The van der Waals surface area contributed by atoms with E-state index in [1.165, 1.54) is 4.90 Å². The number of benzene rings is 1. The molecule has 110 valence electrons. The Balaban J connectivity index is 2.81. The molecule has 0 aliphatic rings. The van der Waals surface area contributed by atoms with Gasteiger partial charge in [0.1, 0.15) is 0 Å². The van der Waals surface area contributed by atoms with E-state index in [1.54, 1.807) is 23.7 Å². The van der Waals surface area contributed by atoms with Crippen molar-refractivity contribution in [2.24, 2.45) is 0 Å². The van der Waals surface area contributed by atoms with E-state index < -0.39 is 5.97 Å². The molecule has 0 radical (unpaired) electrons. The van der Waals surface area contributed by atoms with Gasteiger partial charge in [-0.2, -0.15) is 11.8 Å². The predicted octanol–water partition coefficient (Wildman–Crippen LogP) is 2.38. The number of carboxylic acids is 1. The fourth-order valence-corrected chi connectivity index (χ4v) is 2.14. The molecule has 1 N–H and O–H groups in total. The minimum Gasteiger partial charge on any atom is -0.481 e. The molecule has 0 saturated carbocycles. The van der Waals surface area contributed by atoms with Gasteiger partial charge in [0.2, 0.25) is 0 Å². The molecule has 0 saturated heterocycles. The van der Waals surface area contributed by atoms with Crippen LogP contribution in [-0.2, 0) is 4.79 Å². The first-order chi connectivity index (χ1) is 9.56. The van der Waals surface area contributed by atoms with E-state index in [0.717, 1.165) is 11.4 Å². The molecule has 0 heterocycles. The molecule has 0 aliphatic heterocycles. The molecule has 6 heteroatoms. The second-order valence-corrected chi connectivity index (χ2v) is 5.31. The maximum absolute atomic E-state index is 12.4. The molecule has 0 unspecified atom stereocenters. The van der Waals surface area contributed by atoms with Crippen LogP contribution in [0, 0.1) is 0 Å². The van der Waals surface area contributed by atoms with Crippen molar-refractivity contribution in [2.75, 3.05) is 37.0 Å². The Morgan fingerprint density at radius 1 is 1.20 bits per heavy atom. The monoisotopic (exact) mass is 296 g/mol. The Kier molecular flexibility index (Phi) is 6.93. The van der Waals surface area contributed by atoms with Crippen LogP contribution in [0.25, 0.3) is 0 Å². The zero-order chi connectivity index (χ0) is 15.0. The van der Waals surface area contributed by atoms with E-state index in [-0.39, 0.29) is 19.0 Å². The zero-order valence-corrected chi connectivity index (χ0v) is 12.6. The van der Waals surface area contributed by atoms with Gasteiger partial charge in [-0.15, -0.1) is 0 Å². The summed E-state index contributed by atoms with van der Waals surface area (Å²) in [6, 6.07) is 8.97. The Labute approximate surface area is 123 Å². The highest BCUT2D eigenvalue weighted by atomic mass is 32.2. The van der Waals surface area contributed by atoms with Crippen LogP contribution >= 0.6 is 11.8 Å². The molecule has 0 fully saturated rings. The number of anilines is 1. The number of hydrogen-bond donors (Lipinski definition) is 1. The van der Waals surface area contributed by atoms with Gasteiger partial charge in [0, 0.05) is 31.6 Å². The number of carboxylic acid groups (broad SMARTS) is 1. The van der Waals surface area contributed by atoms with Crippen molar-refractivity contribution in [3.05, 3.63) is 30.3 Å². The second kappa shape index (κ2) is 8.47. The number of carbonyl (C=O) groups is 2. The average molecular weight is 296 g/mol. The minimum absolute atomic E-state index is 0.0724.